The summed E-state index contributed by atoms with van der Waals surface area (Å²) >= 11 is 6.36. The van der Waals surface area contributed by atoms with Crippen LogP contribution in [-0.2, 0) is 0 Å². The molecule has 9 nitrogen and oxygen atoms in total. The number of hydrogen-bond donors (Lipinski definition) is 3. The van der Waals surface area contributed by atoms with Crippen molar-refractivity contribution in [2.75, 3.05) is 49.3 Å². The second-order valence-corrected chi connectivity index (χ2v) is 9.11. The molecule has 1 fully saturated rings. The Morgan fingerprint density at radius 2 is 1.94 bits per heavy atom. The van der Waals surface area contributed by atoms with Crippen LogP contribution in [0.25, 0.3) is 0 Å². The number of aryl methyl sites for hydroxylation is 1. The zero-order valence-corrected chi connectivity index (χ0v) is 21.2. The number of pyridine rings is 1. The molecule has 0 spiro atoms. The van der Waals surface area contributed by atoms with Crippen LogP contribution in [0.4, 0.5) is 29.0 Å². The molecule has 1 saturated heterocycles. The summed E-state index contributed by atoms with van der Waals surface area (Å²) in [5.41, 5.74) is 2.78. The third kappa shape index (κ3) is 5.80. The van der Waals surface area contributed by atoms with E-state index in [9.17, 15) is 4.79 Å². The smallest absolute Gasteiger partial charge is 0.253 e. The average molecular weight is 495 g/mol. The number of nitrogens with one attached hydrogen (secondary N) is 3. The number of amides is 1. The molecule has 3 aromatic rings. The maximum absolute atomic E-state index is 12.4. The lowest BCUT2D eigenvalue weighted by Gasteiger charge is -2.21. The predicted molar refractivity (Wildman–Crippen MR) is 141 cm³/mol. The van der Waals surface area contributed by atoms with Crippen LogP contribution in [0.15, 0.2) is 42.6 Å². The minimum Gasteiger partial charge on any atom is -0.355 e. The first-order valence-corrected chi connectivity index (χ1v) is 12.1. The summed E-state index contributed by atoms with van der Waals surface area (Å²) in [5.74, 6) is 1.57. The molecule has 35 heavy (non-hydrogen) atoms. The van der Waals surface area contributed by atoms with Crippen molar-refractivity contribution in [3.63, 3.8) is 0 Å². The van der Waals surface area contributed by atoms with Gasteiger partial charge in [-0.2, -0.15) is 4.98 Å². The largest absolute Gasteiger partial charge is 0.355 e. The second-order valence-electron chi connectivity index (χ2n) is 8.70. The number of rotatable bonds is 8. The molecule has 184 valence electrons. The molecule has 0 saturated carbocycles. The van der Waals surface area contributed by atoms with Crippen molar-refractivity contribution in [3.8, 4) is 0 Å². The van der Waals surface area contributed by atoms with E-state index in [-0.39, 0.29) is 5.91 Å². The Labute approximate surface area is 210 Å². The molecule has 1 atom stereocenters. The quantitative estimate of drug-likeness (QED) is 0.428. The fraction of sp³-hybridized carbons (Fsp3) is 0.360. The SMILES string of the molecule is CCNC(=O)c1ccccc1Nc1nc(Nc2ccc(N3CC[C@H](N(C)C)C3)nc2C)ncc1Cl. The van der Waals surface area contributed by atoms with Crippen molar-refractivity contribution in [1.29, 1.82) is 0 Å². The summed E-state index contributed by atoms with van der Waals surface area (Å²) in [6.45, 7) is 6.34. The van der Waals surface area contributed by atoms with Crippen LogP contribution in [0.2, 0.25) is 5.02 Å². The number of anilines is 5. The van der Waals surface area contributed by atoms with E-state index >= 15 is 0 Å². The van der Waals surface area contributed by atoms with Gasteiger partial charge in [-0.25, -0.2) is 9.97 Å². The summed E-state index contributed by atoms with van der Waals surface area (Å²) in [7, 11) is 4.24. The zero-order valence-electron chi connectivity index (χ0n) is 20.5. The molecular formula is C25H31ClN8O. The van der Waals surface area contributed by atoms with Crippen LogP contribution >= 0.6 is 11.6 Å². The van der Waals surface area contributed by atoms with Crippen molar-refractivity contribution >= 4 is 46.5 Å². The highest BCUT2D eigenvalue weighted by Crippen LogP contribution is 2.28. The Kier molecular flexibility index (Phi) is 7.67. The van der Waals surface area contributed by atoms with Gasteiger partial charge >= 0.3 is 0 Å². The molecule has 3 heterocycles. The molecule has 1 aliphatic heterocycles. The van der Waals surface area contributed by atoms with E-state index in [0.29, 0.717) is 40.6 Å². The number of nitrogens with zero attached hydrogens (tertiary/aromatic N) is 5. The van der Waals surface area contributed by atoms with Crippen LogP contribution in [0.1, 0.15) is 29.4 Å². The van der Waals surface area contributed by atoms with E-state index in [1.807, 2.05) is 44.2 Å². The van der Waals surface area contributed by atoms with Crippen molar-refractivity contribution < 1.29 is 4.79 Å². The third-order valence-electron chi connectivity index (χ3n) is 6.04. The standard InChI is InChI=1S/C25H31ClN8O/c1-5-27-24(35)18-8-6-7-9-21(18)30-23-19(26)14-28-25(32-23)31-20-10-11-22(29-16(20)2)34-13-12-17(15-34)33(3)4/h6-11,14,17H,5,12-13,15H2,1-4H3,(H,27,35)(H2,28,30,31,32)/t17-/m0/s1. The number of halogens is 1. The highest BCUT2D eigenvalue weighted by atomic mass is 35.5. The van der Waals surface area contributed by atoms with Gasteiger partial charge < -0.3 is 25.8 Å². The highest BCUT2D eigenvalue weighted by Gasteiger charge is 2.25. The molecular weight excluding hydrogens is 464 g/mol. The van der Waals surface area contributed by atoms with Crippen LogP contribution in [0.3, 0.4) is 0 Å². The number of carbonyl (C=O) groups is 1. The summed E-state index contributed by atoms with van der Waals surface area (Å²) < 4.78 is 0. The van der Waals surface area contributed by atoms with Crippen LogP contribution < -0.4 is 20.9 Å². The van der Waals surface area contributed by atoms with Crippen molar-refractivity contribution in [3.05, 3.63) is 58.9 Å². The van der Waals surface area contributed by atoms with Crippen molar-refractivity contribution in [2.45, 2.75) is 26.3 Å². The highest BCUT2D eigenvalue weighted by molar-refractivity contribution is 6.33. The number of benzene rings is 1. The molecule has 1 amide bonds. The number of hydrogen-bond acceptors (Lipinski definition) is 8. The second kappa shape index (κ2) is 10.9. The first-order chi connectivity index (χ1) is 16.9. The Bertz CT molecular complexity index is 1200. The van der Waals surface area contributed by atoms with Gasteiger partial charge in [-0.15, -0.1) is 0 Å². The van der Waals surface area contributed by atoms with Gasteiger partial charge in [0.05, 0.1) is 28.8 Å². The lowest BCUT2D eigenvalue weighted by atomic mass is 10.1. The van der Waals surface area contributed by atoms with Gasteiger partial charge in [0, 0.05) is 25.7 Å². The Morgan fingerprint density at radius 3 is 2.66 bits per heavy atom. The minimum atomic E-state index is -0.171. The maximum Gasteiger partial charge on any atom is 0.253 e. The summed E-state index contributed by atoms with van der Waals surface area (Å²) in [4.78, 5) is 30.7. The fourth-order valence-electron chi connectivity index (χ4n) is 4.04. The molecule has 1 aromatic carbocycles. The first-order valence-electron chi connectivity index (χ1n) is 11.7. The zero-order chi connectivity index (χ0) is 24.9. The maximum atomic E-state index is 12.4. The van der Waals surface area contributed by atoms with Gasteiger partial charge in [-0.05, 0) is 58.6 Å². The third-order valence-corrected chi connectivity index (χ3v) is 6.32. The van der Waals surface area contributed by atoms with Gasteiger partial charge in [-0.1, -0.05) is 23.7 Å². The lowest BCUT2D eigenvalue weighted by molar-refractivity contribution is 0.0956. The molecule has 0 aliphatic carbocycles. The molecule has 0 radical (unpaired) electrons. The Balaban J connectivity index is 1.51. The van der Waals surface area contributed by atoms with Gasteiger partial charge in [0.25, 0.3) is 5.91 Å². The van der Waals surface area contributed by atoms with Crippen molar-refractivity contribution in [2.24, 2.45) is 0 Å². The minimum absolute atomic E-state index is 0.171. The molecule has 0 bridgehead atoms. The molecule has 3 N–H and O–H groups in total. The topological polar surface area (TPSA) is 98.3 Å². The van der Waals surface area contributed by atoms with Crippen molar-refractivity contribution in [1.82, 2.24) is 25.2 Å². The van der Waals surface area contributed by atoms with Gasteiger partial charge in [-0.3, -0.25) is 4.79 Å². The van der Waals surface area contributed by atoms with Crippen LogP contribution in [0, 0.1) is 6.92 Å². The first kappa shape index (κ1) is 24.7. The Hall–Kier alpha value is -3.43. The average Bonchev–Trinajstić information content (AvgIpc) is 3.34. The number of carbonyl (C=O) groups excluding carboxylic acids is 1. The number of aromatic nitrogens is 3. The monoisotopic (exact) mass is 494 g/mol. The lowest BCUT2D eigenvalue weighted by Crippen LogP contribution is -2.31. The van der Waals surface area contributed by atoms with E-state index in [4.69, 9.17) is 16.6 Å². The van der Waals surface area contributed by atoms with Crippen LogP contribution in [0.5, 0.6) is 0 Å². The summed E-state index contributed by atoms with van der Waals surface area (Å²) in [6, 6.07) is 11.8. The number of likely N-dealkylation sites (N-methyl/N-ethyl adjacent to an activating group) is 1. The molecule has 4 rings (SSSR count). The fourth-order valence-corrected chi connectivity index (χ4v) is 4.17. The van der Waals surface area contributed by atoms with E-state index in [0.717, 1.165) is 36.7 Å². The normalized spacial score (nSPS) is 15.4. The van der Waals surface area contributed by atoms with Crippen LogP contribution in [-0.4, -0.2) is 65.5 Å². The van der Waals surface area contributed by atoms with E-state index in [2.05, 4.69) is 49.8 Å². The van der Waals surface area contributed by atoms with E-state index in [1.165, 1.54) is 6.20 Å². The summed E-state index contributed by atoms with van der Waals surface area (Å²) in [6.07, 6.45) is 2.65. The Morgan fingerprint density at radius 1 is 1.14 bits per heavy atom. The molecule has 1 aliphatic rings. The summed E-state index contributed by atoms with van der Waals surface area (Å²) in [5, 5.41) is 9.57. The van der Waals surface area contributed by atoms with Gasteiger partial charge in [0.15, 0.2) is 5.82 Å². The van der Waals surface area contributed by atoms with Gasteiger partial charge in [0.1, 0.15) is 10.8 Å². The van der Waals surface area contributed by atoms with E-state index < -0.39 is 0 Å². The predicted octanol–water partition coefficient (Wildman–Crippen LogP) is 4.21. The van der Waals surface area contributed by atoms with E-state index in [1.54, 1.807) is 6.07 Å². The molecule has 2 aromatic heterocycles. The number of para-hydroxylation sites is 1. The molecule has 10 heteroatoms. The molecule has 0 unspecified atom stereocenters. The van der Waals surface area contributed by atoms with Gasteiger partial charge in [0.2, 0.25) is 5.95 Å².